The number of hydrogen-bond acceptors (Lipinski definition) is 17. The first-order valence-electron chi connectivity index (χ1n) is 14.8. The van der Waals surface area contributed by atoms with Gasteiger partial charge >= 0.3 is 17.3 Å². The third-order valence-corrected chi connectivity index (χ3v) is 8.00. The molecule has 3 heterocycles. The quantitative estimate of drug-likeness (QED) is 0.0883. The summed E-state index contributed by atoms with van der Waals surface area (Å²) in [5.41, 5.74) is 0.0896. The molecular weight excluding hydrogens is 660 g/mol. The molecule has 5 rings (SSSR count). The predicted octanol–water partition coefficient (Wildman–Crippen LogP) is -1.26. The standard InChI is InChI=1S/C31H36O18/c1-11(33)44-10-21-24(37)26(39)28(41)31(49-21)47-19-8-14-15(45-29(19)12-4-17(42-2)22(35)18(5-12)43-3)6-13(34)7-16(14)46-30-27(40)25(38)23(36)20(9-32)48-30/h4-8,20-21,23-28,30-32,36-41H,9-10H2,1-3H3,(H-,34,35)/p+1/t20?,21?,23-,24-,25+,26?,27?,28?,30-,31-/m1/s1. The second kappa shape index (κ2) is 14.7. The van der Waals surface area contributed by atoms with Crippen molar-refractivity contribution in [2.24, 2.45) is 0 Å². The van der Waals surface area contributed by atoms with E-state index >= 15 is 0 Å². The van der Waals surface area contributed by atoms with E-state index in [2.05, 4.69) is 0 Å². The van der Waals surface area contributed by atoms with Crippen LogP contribution in [0.5, 0.6) is 34.5 Å². The minimum absolute atomic E-state index is 0.0357. The van der Waals surface area contributed by atoms with Gasteiger partial charge in [-0.2, -0.15) is 0 Å². The number of aliphatic hydroxyl groups is 7. The molecule has 2 saturated heterocycles. The van der Waals surface area contributed by atoms with Crippen LogP contribution < -0.4 is 18.9 Å². The van der Waals surface area contributed by atoms with Crippen molar-refractivity contribution in [2.75, 3.05) is 27.4 Å². The van der Waals surface area contributed by atoms with E-state index in [4.69, 9.17) is 37.6 Å². The molecule has 2 aliphatic rings. The zero-order valence-corrected chi connectivity index (χ0v) is 26.3. The Bertz CT molecular complexity index is 1620. The number of carbonyl (C=O) groups is 1. The summed E-state index contributed by atoms with van der Waals surface area (Å²) in [7, 11) is 2.58. The number of fused-ring (bicyclic) bond motifs is 1. The van der Waals surface area contributed by atoms with Crippen LogP contribution in [0.25, 0.3) is 22.3 Å². The first kappa shape index (κ1) is 36.1. The van der Waals surface area contributed by atoms with Crippen molar-refractivity contribution in [1.29, 1.82) is 0 Å². The summed E-state index contributed by atoms with van der Waals surface area (Å²) >= 11 is 0. The van der Waals surface area contributed by atoms with Crippen LogP contribution in [-0.2, 0) is 19.0 Å². The Kier molecular flexibility index (Phi) is 10.8. The van der Waals surface area contributed by atoms with Crippen molar-refractivity contribution in [1.82, 2.24) is 0 Å². The molecule has 0 aliphatic carbocycles. The molecule has 5 unspecified atom stereocenters. The summed E-state index contributed by atoms with van der Waals surface area (Å²) in [6.45, 7) is -0.110. The van der Waals surface area contributed by atoms with Crippen molar-refractivity contribution in [2.45, 2.75) is 68.3 Å². The Morgan fingerprint density at radius 3 is 1.84 bits per heavy atom. The van der Waals surface area contributed by atoms with Crippen LogP contribution in [0, 0.1) is 0 Å². The highest BCUT2D eigenvalue weighted by molar-refractivity contribution is 5.89. The van der Waals surface area contributed by atoms with Crippen LogP contribution >= 0.6 is 0 Å². The third kappa shape index (κ3) is 7.23. The monoisotopic (exact) mass is 697 g/mol. The largest absolute Gasteiger partial charge is 0.507 e. The second-order valence-corrected chi connectivity index (χ2v) is 11.3. The Labute approximate surface area is 277 Å². The highest BCUT2D eigenvalue weighted by Gasteiger charge is 2.47. The van der Waals surface area contributed by atoms with Crippen LogP contribution in [0.4, 0.5) is 0 Å². The molecule has 2 aliphatic heterocycles. The molecule has 10 atom stereocenters. The van der Waals surface area contributed by atoms with Gasteiger partial charge in [-0.25, -0.2) is 4.42 Å². The van der Waals surface area contributed by atoms with Crippen LogP contribution in [-0.4, -0.2) is 141 Å². The number of rotatable bonds is 10. The number of esters is 1. The number of phenolic OH excluding ortho intramolecular Hbond substituents is 2. The number of ether oxygens (including phenoxy) is 7. The van der Waals surface area contributed by atoms with Crippen molar-refractivity contribution in [3.05, 3.63) is 30.3 Å². The predicted molar refractivity (Wildman–Crippen MR) is 161 cm³/mol. The maximum Gasteiger partial charge on any atom is 0.402 e. The van der Waals surface area contributed by atoms with E-state index in [1.54, 1.807) is 0 Å². The summed E-state index contributed by atoms with van der Waals surface area (Å²) in [5.74, 6) is -2.12. The van der Waals surface area contributed by atoms with Gasteiger partial charge in [0.05, 0.1) is 32.5 Å². The highest BCUT2D eigenvalue weighted by Crippen LogP contribution is 2.46. The van der Waals surface area contributed by atoms with E-state index in [0.29, 0.717) is 0 Å². The smallest absolute Gasteiger partial charge is 0.402 e. The van der Waals surface area contributed by atoms with Gasteiger partial charge in [0.2, 0.25) is 24.1 Å². The van der Waals surface area contributed by atoms with Gasteiger partial charge in [0.25, 0.3) is 0 Å². The third-order valence-electron chi connectivity index (χ3n) is 8.00. The normalized spacial score (nSPS) is 30.1. The highest BCUT2D eigenvalue weighted by atomic mass is 16.7. The van der Waals surface area contributed by atoms with Gasteiger partial charge in [-0.1, -0.05) is 0 Å². The lowest BCUT2D eigenvalue weighted by molar-refractivity contribution is -0.278. The second-order valence-electron chi connectivity index (χ2n) is 11.3. The molecule has 2 fully saturated rings. The lowest BCUT2D eigenvalue weighted by atomic mass is 9.99. The van der Waals surface area contributed by atoms with Gasteiger partial charge in [0.15, 0.2) is 11.5 Å². The van der Waals surface area contributed by atoms with Crippen LogP contribution in [0.3, 0.4) is 0 Å². The average molecular weight is 698 g/mol. The molecule has 3 aromatic rings. The van der Waals surface area contributed by atoms with Gasteiger partial charge in [0.1, 0.15) is 72.3 Å². The molecule has 2 aromatic carbocycles. The summed E-state index contributed by atoms with van der Waals surface area (Å²) in [5, 5.41) is 93.6. The average Bonchev–Trinajstić information content (AvgIpc) is 3.08. The van der Waals surface area contributed by atoms with Crippen LogP contribution in [0.1, 0.15) is 6.92 Å². The van der Waals surface area contributed by atoms with E-state index in [9.17, 15) is 50.8 Å². The molecule has 18 heteroatoms. The van der Waals surface area contributed by atoms with Gasteiger partial charge < -0.3 is 79.1 Å². The molecular formula is C31H37O18+. The van der Waals surface area contributed by atoms with Crippen LogP contribution in [0.15, 0.2) is 34.7 Å². The molecule has 268 valence electrons. The molecule has 0 saturated carbocycles. The van der Waals surface area contributed by atoms with Gasteiger partial charge in [-0.15, -0.1) is 0 Å². The maximum absolute atomic E-state index is 11.4. The maximum atomic E-state index is 11.4. The topological polar surface area (TPSA) is 275 Å². The summed E-state index contributed by atoms with van der Waals surface area (Å²) < 4.78 is 44.6. The van der Waals surface area contributed by atoms with Crippen molar-refractivity contribution >= 4 is 16.9 Å². The Balaban J connectivity index is 1.64. The number of phenols is 2. The Morgan fingerprint density at radius 1 is 0.735 bits per heavy atom. The van der Waals surface area contributed by atoms with Gasteiger partial charge in [-0.05, 0) is 0 Å². The number of aromatic hydroxyl groups is 2. The number of hydrogen-bond donors (Lipinski definition) is 9. The molecule has 1 aromatic heterocycles. The molecule has 9 N–H and O–H groups in total. The van der Waals surface area contributed by atoms with E-state index in [0.717, 1.165) is 13.0 Å². The van der Waals surface area contributed by atoms with Gasteiger partial charge in [0, 0.05) is 31.2 Å². The van der Waals surface area contributed by atoms with Crippen molar-refractivity contribution < 1.29 is 88.3 Å². The fourth-order valence-electron chi connectivity index (χ4n) is 5.35. The minimum Gasteiger partial charge on any atom is -0.507 e. The van der Waals surface area contributed by atoms with Crippen molar-refractivity contribution in [3.8, 4) is 45.8 Å². The van der Waals surface area contributed by atoms with E-state index in [1.807, 2.05) is 0 Å². The fraction of sp³-hybridized carbons (Fsp3) is 0.484. The number of methoxy groups -OCH3 is 2. The summed E-state index contributed by atoms with van der Waals surface area (Å²) in [6.07, 6.45) is -16.7. The number of benzene rings is 2. The van der Waals surface area contributed by atoms with E-state index in [1.165, 1.54) is 38.5 Å². The SMILES string of the molecule is COc1cc(-c2[o+]c3cc(O)cc(O[C@@H]4OC(CO)[C@@H](O)[C@H](O)C4O)c3cc2O[C@@H]2OC(COC(C)=O)[C@@H](O)C(O)C2O)cc(OC)c1O. The molecule has 0 amide bonds. The summed E-state index contributed by atoms with van der Waals surface area (Å²) in [4.78, 5) is 11.4. The lowest BCUT2D eigenvalue weighted by Crippen LogP contribution is -2.60. The molecule has 18 nitrogen and oxygen atoms in total. The molecule has 0 spiro atoms. The summed E-state index contributed by atoms with van der Waals surface area (Å²) in [6, 6.07) is 6.30. The Morgan fingerprint density at radius 2 is 1.29 bits per heavy atom. The minimum atomic E-state index is -1.86. The molecule has 0 bridgehead atoms. The van der Waals surface area contributed by atoms with Gasteiger partial charge in [-0.3, -0.25) is 4.79 Å². The number of carbonyl (C=O) groups excluding carboxylic acids is 1. The number of aliphatic hydroxyl groups excluding tert-OH is 7. The molecule has 0 radical (unpaired) electrons. The van der Waals surface area contributed by atoms with Crippen LogP contribution in [0.2, 0.25) is 0 Å². The first-order valence-corrected chi connectivity index (χ1v) is 14.8. The molecule has 49 heavy (non-hydrogen) atoms. The van der Waals surface area contributed by atoms with E-state index < -0.39 is 86.3 Å². The lowest BCUT2D eigenvalue weighted by Gasteiger charge is -2.39. The first-order chi connectivity index (χ1) is 23.3. The zero-order valence-electron chi connectivity index (χ0n) is 26.3. The zero-order chi connectivity index (χ0) is 35.7. The Hall–Kier alpha value is -4.24. The van der Waals surface area contributed by atoms with Crippen molar-refractivity contribution in [3.63, 3.8) is 0 Å². The van der Waals surface area contributed by atoms with E-state index in [-0.39, 0.29) is 51.0 Å². The fourth-order valence-corrected chi connectivity index (χ4v) is 5.35.